The Kier molecular flexibility index (Phi) is 4.20. The topological polar surface area (TPSA) is 58.0 Å². The van der Waals surface area contributed by atoms with Gasteiger partial charge >= 0.3 is 0 Å². The molecule has 2 N–H and O–H groups in total. The van der Waals surface area contributed by atoms with Crippen LogP contribution in [0.15, 0.2) is 36.7 Å². The van der Waals surface area contributed by atoms with E-state index in [9.17, 15) is 4.39 Å². The van der Waals surface area contributed by atoms with Crippen molar-refractivity contribution in [2.24, 2.45) is 0 Å². The number of halogens is 1. The van der Waals surface area contributed by atoms with E-state index in [0.717, 1.165) is 0 Å². The second kappa shape index (κ2) is 6.07. The minimum Gasteiger partial charge on any atom is -0.396 e. The molecule has 0 amide bonds. The highest BCUT2D eigenvalue weighted by Gasteiger charge is 2.07. The van der Waals surface area contributed by atoms with Gasteiger partial charge in [-0.25, -0.2) is 9.37 Å². The van der Waals surface area contributed by atoms with Crippen molar-refractivity contribution >= 4 is 5.82 Å². The molecule has 4 nitrogen and oxygen atoms in total. The molecule has 94 valence electrons. The molecular weight excluding hydrogens is 233 g/mol. The lowest BCUT2D eigenvalue weighted by Crippen LogP contribution is -2.07. The fourth-order valence-electron chi connectivity index (χ4n) is 1.60. The molecule has 0 unspecified atom stereocenters. The van der Waals surface area contributed by atoms with Crippen molar-refractivity contribution in [1.29, 1.82) is 0 Å². The third kappa shape index (κ3) is 3.01. The zero-order valence-electron chi connectivity index (χ0n) is 9.81. The lowest BCUT2D eigenvalue weighted by Gasteiger charge is -2.09. The fourth-order valence-corrected chi connectivity index (χ4v) is 1.60. The second-order valence-electron chi connectivity index (χ2n) is 3.77. The molecule has 0 spiro atoms. The van der Waals surface area contributed by atoms with E-state index < -0.39 is 0 Å². The van der Waals surface area contributed by atoms with E-state index in [1.165, 1.54) is 12.1 Å². The van der Waals surface area contributed by atoms with Crippen molar-refractivity contribution in [2.45, 2.75) is 6.42 Å². The van der Waals surface area contributed by atoms with Crippen molar-refractivity contribution in [3.63, 3.8) is 0 Å². The van der Waals surface area contributed by atoms with Gasteiger partial charge < -0.3 is 10.4 Å². The van der Waals surface area contributed by atoms with Gasteiger partial charge in [0.05, 0.1) is 0 Å². The third-order valence-corrected chi connectivity index (χ3v) is 2.42. The van der Waals surface area contributed by atoms with Gasteiger partial charge in [0.2, 0.25) is 0 Å². The van der Waals surface area contributed by atoms with Gasteiger partial charge in [-0.3, -0.25) is 4.98 Å². The van der Waals surface area contributed by atoms with Crippen LogP contribution in [0.5, 0.6) is 0 Å². The molecule has 1 heterocycles. The quantitative estimate of drug-likeness (QED) is 0.794. The number of benzene rings is 1. The molecule has 5 heteroatoms. The second-order valence-corrected chi connectivity index (χ2v) is 3.77. The summed E-state index contributed by atoms with van der Waals surface area (Å²) in [4.78, 5) is 8.39. The predicted octanol–water partition coefficient (Wildman–Crippen LogP) is 2.08. The highest BCUT2D eigenvalue weighted by atomic mass is 19.1. The summed E-state index contributed by atoms with van der Waals surface area (Å²) in [7, 11) is 0. The molecule has 18 heavy (non-hydrogen) atoms. The van der Waals surface area contributed by atoms with E-state index in [1.54, 1.807) is 24.5 Å². The Hall–Kier alpha value is -2.01. The van der Waals surface area contributed by atoms with Crippen LogP contribution in [-0.2, 0) is 0 Å². The fraction of sp³-hybridized carbons (Fsp3) is 0.231. The van der Waals surface area contributed by atoms with Crippen molar-refractivity contribution in [2.75, 3.05) is 18.5 Å². The molecule has 0 atom stereocenters. The molecule has 0 saturated carbocycles. The van der Waals surface area contributed by atoms with Gasteiger partial charge in [-0.05, 0) is 18.6 Å². The Bertz CT molecular complexity index is 519. The largest absolute Gasteiger partial charge is 0.396 e. The number of hydrogen-bond donors (Lipinski definition) is 2. The van der Waals surface area contributed by atoms with Crippen LogP contribution in [0.1, 0.15) is 6.42 Å². The first-order valence-corrected chi connectivity index (χ1v) is 5.73. The minimum absolute atomic E-state index is 0.114. The highest BCUT2D eigenvalue weighted by Crippen LogP contribution is 2.23. The monoisotopic (exact) mass is 247 g/mol. The minimum atomic E-state index is -0.306. The van der Waals surface area contributed by atoms with Crippen molar-refractivity contribution < 1.29 is 9.50 Å². The summed E-state index contributed by atoms with van der Waals surface area (Å²) in [5.41, 5.74) is 1.28. The van der Waals surface area contributed by atoms with Crippen molar-refractivity contribution in [3.05, 3.63) is 42.5 Å². The number of aliphatic hydroxyl groups excluding tert-OH is 1. The van der Waals surface area contributed by atoms with E-state index in [4.69, 9.17) is 5.11 Å². The zero-order valence-corrected chi connectivity index (χ0v) is 9.81. The maximum Gasteiger partial charge on any atom is 0.152 e. The number of aromatic nitrogens is 2. The maximum atomic E-state index is 13.2. The van der Waals surface area contributed by atoms with E-state index in [-0.39, 0.29) is 12.4 Å². The van der Waals surface area contributed by atoms with Crippen LogP contribution in [0, 0.1) is 5.82 Å². The smallest absolute Gasteiger partial charge is 0.152 e. The third-order valence-electron chi connectivity index (χ3n) is 2.42. The predicted molar refractivity (Wildman–Crippen MR) is 67.6 cm³/mol. The van der Waals surface area contributed by atoms with E-state index in [0.29, 0.717) is 30.0 Å². The Labute approximate surface area is 105 Å². The number of rotatable bonds is 5. The summed E-state index contributed by atoms with van der Waals surface area (Å²) in [5, 5.41) is 11.8. The Balaban J connectivity index is 2.27. The average molecular weight is 247 g/mol. The molecule has 2 aromatic rings. The number of aliphatic hydroxyl groups is 1. The first-order chi connectivity index (χ1) is 8.81. The number of nitrogens with one attached hydrogen (secondary N) is 1. The molecule has 0 fully saturated rings. The van der Waals surface area contributed by atoms with E-state index in [1.807, 2.05) is 0 Å². The van der Waals surface area contributed by atoms with Crippen LogP contribution in [0.3, 0.4) is 0 Å². The van der Waals surface area contributed by atoms with E-state index in [2.05, 4.69) is 15.3 Å². The van der Waals surface area contributed by atoms with Crippen LogP contribution in [-0.4, -0.2) is 28.2 Å². The van der Waals surface area contributed by atoms with E-state index >= 15 is 0 Å². The van der Waals surface area contributed by atoms with Gasteiger partial charge in [0.15, 0.2) is 5.82 Å². The van der Waals surface area contributed by atoms with Crippen LogP contribution >= 0.6 is 0 Å². The van der Waals surface area contributed by atoms with Gasteiger partial charge in [0.25, 0.3) is 0 Å². The SMILES string of the molecule is OCCCNc1nccnc1-c1cccc(F)c1. The van der Waals surface area contributed by atoms with Crippen LogP contribution in [0.4, 0.5) is 10.2 Å². The number of hydrogen-bond acceptors (Lipinski definition) is 4. The molecule has 1 aromatic carbocycles. The Morgan fingerprint density at radius 3 is 2.83 bits per heavy atom. The highest BCUT2D eigenvalue weighted by molar-refractivity contribution is 5.70. The van der Waals surface area contributed by atoms with Crippen LogP contribution in [0.2, 0.25) is 0 Å². The Morgan fingerprint density at radius 2 is 2.06 bits per heavy atom. The molecule has 0 bridgehead atoms. The molecule has 0 aliphatic heterocycles. The average Bonchev–Trinajstić information content (AvgIpc) is 2.40. The van der Waals surface area contributed by atoms with Crippen molar-refractivity contribution in [1.82, 2.24) is 9.97 Å². The number of nitrogens with zero attached hydrogens (tertiary/aromatic N) is 2. The molecule has 0 aliphatic carbocycles. The first-order valence-electron chi connectivity index (χ1n) is 5.73. The molecule has 2 rings (SSSR count). The maximum absolute atomic E-state index is 13.2. The molecule has 0 radical (unpaired) electrons. The van der Waals surface area contributed by atoms with Gasteiger partial charge in [-0.15, -0.1) is 0 Å². The lowest BCUT2D eigenvalue weighted by atomic mass is 10.1. The summed E-state index contributed by atoms with van der Waals surface area (Å²) in [5.74, 6) is 0.288. The van der Waals surface area contributed by atoms with Gasteiger partial charge in [0.1, 0.15) is 11.5 Å². The summed E-state index contributed by atoms with van der Waals surface area (Å²) in [6.07, 6.45) is 3.76. The Morgan fingerprint density at radius 1 is 1.22 bits per heavy atom. The molecule has 1 aromatic heterocycles. The number of anilines is 1. The molecular formula is C13H14FN3O. The lowest BCUT2D eigenvalue weighted by molar-refractivity contribution is 0.292. The zero-order chi connectivity index (χ0) is 12.8. The first kappa shape index (κ1) is 12.4. The van der Waals surface area contributed by atoms with Gasteiger partial charge in [0, 0.05) is 31.1 Å². The summed E-state index contributed by atoms with van der Waals surface area (Å²) in [6, 6.07) is 6.22. The molecule has 0 aliphatic rings. The van der Waals surface area contributed by atoms with Crippen LogP contribution in [0.25, 0.3) is 11.3 Å². The van der Waals surface area contributed by atoms with Crippen LogP contribution < -0.4 is 5.32 Å². The summed E-state index contributed by atoms with van der Waals surface area (Å²) in [6.45, 7) is 0.708. The normalized spacial score (nSPS) is 10.3. The summed E-state index contributed by atoms with van der Waals surface area (Å²) >= 11 is 0. The van der Waals surface area contributed by atoms with Crippen molar-refractivity contribution in [3.8, 4) is 11.3 Å². The van der Waals surface area contributed by atoms with Gasteiger partial charge in [-0.2, -0.15) is 0 Å². The molecule has 0 saturated heterocycles. The van der Waals surface area contributed by atoms with Gasteiger partial charge in [-0.1, -0.05) is 12.1 Å². The summed E-state index contributed by atoms with van der Waals surface area (Å²) < 4.78 is 13.2. The standard InChI is InChI=1S/C13H14FN3O/c14-11-4-1-3-10(9-11)12-13(16-5-2-8-18)17-7-6-15-12/h1,3-4,6-7,9,18H,2,5,8H2,(H,16,17).